The first-order valence-corrected chi connectivity index (χ1v) is 5.65. The normalized spacial score (nSPS) is 10.0. The van der Waals surface area contributed by atoms with Gasteiger partial charge in [-0.3, -0.25) is 0 Å². The monoisotopic (exact) mass is 242 g/mol. The first-order valence-electron chi connectivity index (χ1n) is 5.27. The van der Waals surface area contributed by atoms with Crippen molar-refractivity contribution in [3.8, 4) is 17.3 Å². The van der Waals surface area contributed by atoms with E-state index in [1.807, 2.05) is 44.2 Å². The van der Waals surface area contributed by atoms with Gasteiger partial charge in [0.1, 0.15) is 11.8 Å². The molecule has 0 radical (unpaired) electrons. The molecule has 0 bridgehead atoms. The van der Waals surface area contributed by atoms with E-state index in [-0.39, 0.29) is 0 Å². The van der Waals surface area contributed by atoms with E-state index in [1.165, 1.54) is 0 Å². The molecule has 84 valence electrons. The topological polar surface area (TPSA) is 36.7 Å². The first kappa shape index (κ1) is 11.6. The zero-order chi connectivity index (χ0) is 12.4. The van der Waals surface area contributed by atoms with E-state index in [1.54, 1.807) is 0 Å². The molecule has 0 aliphatic heterocycles. The summed E-state index contributed by atoms with van der Waals surface area (Å²) in [6.07, 6.45) is 0. The van der Waals surface area contributed by atoms with Gasteiger partial charge in [0.2, 0.25) is 0 Å². The van der Waals surface area contributed by atoms with Crippen LogP contribution in [-0.2, 0) is 0 Å². The third-order valence-electron chi connectivity index (χ3n) is 2.83. The Morgan fingerprint density at radius 1 is 1.12 bits per heavy atom. The SMILES string of the molecule is Cc1c(C#N)nc(-c2ccccc2)c(Cl)c1C. The Balaban J connectivity index is 2.72. The Bertz CT molecular complexity index is 598. The summed E-state index contributed by atoms with van der Waals surface area (Å²) in [5.74, 6) is 0. The van der Waals surface area contributed by atoms with Crippen molar-refractivity contribution < 1.29 is 0 Å². The van der Waals surface area contributed by atoms with Crippen LogP contribution >= 0.6 is 11.6 Å². The van der Waals surface area contributed by atoms with Crippen LogP contribution in [0.4, 0.5) is 0 Å². The molecule has 17 heavy (non-hydrogen) atoms. The highest BCUT2D eigenvalue weighted by molar-refractivity contribution is 6.33. The molecular weight excluding hydrogens is 232 g/mol. The molecule has 0 amide bonds. The number of benzene rings is 1. The van der Waals surface area contributed by atoms with E-state index in [0.717, 1.165) is 16.7 Å². The predicted octanol–water partition coefficient (Wildman–Crippen LogP) is 3.89. The van der Waals surface area contributed by atoms with E-state index in [4.69, 9.17) is 16.9 Å². The highest BCUT2D eigenvalue weighted by Crippen LogP contribution is 2.31. The summed E-state index contributed by atoms with van der Waals surface area (Å²) in [7, 11) is 0. The standard InChI is InChI=1S/C14H11ClN2/c1-9-10(2)13(15)14(17-12(9)8-16)11-6-4-3-5-7-11/h3-7H,1-2H3. The summed E-state index contributed by atoms with van der Waals surface area (Å²) in [5, 5.41) is 9.67. The molecule has 1 heterocycles. The maximum Gasteiger partial charge on any atom is 0.144 e. The summed E-state index contributed by atoms with van der Waals surface area (Å²) < 4.78 is 0. The van der Waals surface area contributed by atoms with Gasteiger partial charge in [-0.25, -0.2) is 4.98 Å². The van der Waals surface area contributed by atoms with Crippen LogP contribution in [0.3, 0.4) is 0 Å². The molecule has 0 N–H and O–H groups in total. The number of aromatic nitrogens is 1. The molecule has 2 rings (SSSR count). The fourth-order valence-electron chi connectivity index (χ4n) is 1.66. The molecule has 0 saturated carbocycles. The summed E-state index contributed by atoms with van der Waals surface area (Å²) >= 11 is 6.29. The van der Waals surface area contributed by atoms with Gasteiger partial charge in [-0.2, -0.15) is 5.26 Å². The van der Waals surface area contributed by atoms with E-state index in [0.29, 0.717) is 16.4 Å². The van der Waals surface area contributed by atoms with Gasteiger partial charge in [0.25, 0.3) is 0 Å². The van der Waals surface area contributed by atoms with Gasteiger partial charge in [0.15, 0.2) is 0 Å². The van der Waals surface area contributed by atoms with Crippen molar-refractivity contribution in [3.63, 3.8) is 0 Å². The van der Waals surface area contributed by atoms with E-state index in [2.05, 4.69) is 11.1 Å². The third kappa shape index (κ3) is 2.02. The fraction of sp³-hybridized carbons (Fsp3) is 0.143. The second-order valence-corrected chi connectivity index (χ2v) is 4.23. The summed E-state index contributed by atoms with van der Waals surface area (Å²) in [6.45, 7) is 3.77. The minimum absolute atomic E-state index is 0.436. The lowest BCUT2D eigenvalue weighted by Gasteiger charge is -2.10. The van der Waals surface area contributed by atoms with Crippen LogP contribution in [-0.4, -0.2) is 4.98 Å². The van der Waals surface area contributed by atoms with Gasteiger partial charge in [0, 0.05) is 5.56 Å². The number of hydrogen-bond donors (Lipinski definition) is 0. The highest BCUT2D eigenvalue weighted by atomic mass is 35.5. The molecule has 1 aromatic carbocycles. The van der Waals surface area contributed by atoms with Crippen molar-refractivity contribution in [1.82, 2.24) is 4.98 Å². The second kappa shape index (κ2) is 4.57. The lowest BCUT2D eigenvalue weighted by atomic mass is 10.0. The maximum absolute atomic E-state index is 9.05. The molecule has 2 aromatic rings. The maximum atomic E-state index is 9.05. The summed E-state index contributed by atoms with van der Waals surface area (Å²) in [5.41, 5.74) is 3.80. The van der Waals surface area contributed by atoms with Crippen molar-refractivity contribution in [2.24, 2.45) is 0 Å². The number of pyridine rings is 1. The molecule has 0 fully saturated rings. The van der Waals surface area contributed by atoms with Crippen LogP contribution in [0.2, 0.25) is 5.02 Å². The van der Waals surface area contributed by atoms with Gasteiger partial charge in [-0.15, -0.1) is 0 Å². The van der Waals surface area contributed by atoms with Gasteiger partial charge in [0.05, 0.1) is 10.7 Å². The van der Waals surface area contributed by atoms with Crippen LogP contribution < -0.4 is 0 Å². The molecule has 3 heteroatoms. The number of hydrogen-bond acceptors (Lipinski definition) is 2. The minimum atomic E-state index is 0.436. The Morgan fingerprint density at radius 2 is 1.76 bits per heavy atom. The molecule has 1 aromatic heterocycles. The van der Waals surface area contributed by atoms with Crippen LogP contribution in [0, 0.1) is 25.2 Å². The lowest BCUT2D eigenvalue weighted by Crippen LogP contribution is -1.97. The fourth-order valence-corrected chi connectivity index (χ4v) is 1.95. The molecule has 0 aliphatic rings. The van der Waals surface area contributed by atoms with E-state index < -0.39 is 0 Å². The Hall–Kier alpha value is -1.85. The molecule has 0 unspecified atom stereocenters. The van der Waals surface area contributed by atoms with Crippen LogP contribution in [0.1, 0.15) is 16.8 Å². The van der Waals surface area contributed by atoms with Crippen molar-refractivity contribution >= 4 is 11.6 Å². The van der Waals surface area contributed by atoms with Gasteiger partial charge < -0.3 is 0 Å². The highest BCUT2D eigenvalue weighted by Gasteiger charge is 2.13. The predicted molar refractivity (Wildman–Crippen MR) is 68.9 cm³/mol. The quantitative estimate of drug-likeness (QED) is 0.761. The second-order valence-electron chi connectivity index (χ2n) is 3.85. The minimum Gasteiger partial charge on any atom is -0.235 e. The number of rotatable bonds is 1. The van der Waals surface area contributed by atoms with Crippen molar-refractivity contribution in [3.05, 3.63) is 52.2 Å². The van der Waals surface area contributed by atoms with Crippen LogP contribution in [0.25, 0.3) is 11.3 Å². The molecular formula is C14H11ClN2. The van der Waals surface area contributed by atoms with Crippen LogP contribution in [0.5, 0.6) is 0 Å². The van der Waals surface area contributed by atoms with Crippen LogP contribution in [0.15, 0.2) is 30.3 Å². The average molecular weight is 243 g/mol. The zero-order valence-corrected chi connectivity index (χ0v) is 10.4. The zero-order valence-electron chi connectivity index (χ0n) is 9.66. The average Bonchev–Trinajstić information content (AvgIpc) is 2.37. The smallest absolute Gasteiger partial charge is 0.144 e. The van der Waals surface area contributed by atoms with Gasteiger partial charge >= 0.3 is 0 Å². The van der Waals surface area contributed by atoms with Gasteiger partial charge in [-0.05, 0) is 25.0 Å². The molecule has 0 saturated heterocycles. The lowest BCUT2D eigenvalue weighted by molar-refractivity contribution is 1.18. The molecule has 0 aliphatic carbocycles. The Morgan fingerprint density at radius 3 is 2.35 bits per heavy atom. The van der Waals surface area contributed by atoms with Crippen molar-refractivity contribution in [2.75, 3.05) is 0 Å². The Kier molecular flexibility index (Phi) is 3.12. The number of halogens is 1. The Labute approximate surface area is 105 Å². The summed E-state index contributed by atoms with van der Waals surface area (Å²) in [4.78, 5) is 4.33. The van der Waals surface area contributed by atoms with Gasteiger partial charge in [-0.1, -0.05) is 41.9 Å². The molecule has 0 spiro atoms. The summed E-state index contributed by atoms with van der Waals surface area (Å²) in [6, 6.07) is 11.8. The largest absolute Gasteiger partial charge is 0.235 e. The number of nitriles is 1. The first-order chi connectivity index (χ1) is 8.15. The third-order valence-corrected chi connectivity index (χ3v) is 3.29. The van der Waals surface area contributed by atoms with E-state index in [9.17, 15) is 0 Å². The van der Waals surface area contributed by atoms with Crippen molar-refractivity contribution in [2.45, 2.75) is 13.8 Å². The van der Waals surface area contributed by atoms with Crippen molar-refractivity contribution in [1.29, 1.82) is 5.26 Å². The molecule has 2 nitrogen and oxygen atoms in total. The molecule has 0 atom stereocenters. The number of nitrogens with zero attached hydrogens (tertiary/aromatic N) is 2. The van der Waals surface area contributed by atoms with E-state index >= 15 is 0 Å².